The number of nitrogens with one attached hydrogen (secondary N) is 1. The molecule has 0 bridgehead atoms. The number of carbonyl (C=O) groups is 2. The summed E-state index contributed by atoms with van der Waals surface area (Å²) < 4.78 is 4.82. The number of benzene rings is 1. The second-order valence-corrected chi connectivity index (χ2v) is 5.48. The first kappa shape index (κ1) is 17.2. The Hall–Kier alpha value is -2.12. The molecule has 23 heavy (non-hydrogen) atoms. The van der Waals surface area contributed by atoms with E-state index in [-0.39, 0.29) is 25.0 Å². The van der Waals surface area contributed by atoms with Crippen LogP contribution in [0.1, 0.15) is 0 Å². The molecule has 0 spiro atoms. The van der Waals surface area contributed by atoms with Gasteiger partial charge in [-0.1, -0.05) is 18.2 Å². The van der Waals surface area contributed by atoms with Gasteiger partial charge in [0.2, 0.25) is 11.8 Å². The number of nitrogens with zero attached hydrogens (tertiary/aromatic N) is 2. The van der Waals surface area contributed by atoms with Crippen molar-refractivity contribution in [3.8, 4) is 0 Å². The fraction of sp³-hybridized carbons (Fsp3) is 0.500. The SMILES string of the molecule is COCC(N)C(=O)NCC(=O)N1CCN(c2ccccc2)CC1. The Morgan fingerprint density at radius 3 is 2.48 bits per heavy atom. The predicted octanol–water partition coefficient (Wildman–Crippen LogP) is -0.575. The first-order chi connectivity index (χ1) is 11.1. The maximum atomic E-state index is 12.1. The number of anilines is 1. The minimum Gasteiger partial charge on any atom is -0.383 e. The summed E-state index contributed by atoms with van der Waals surface area (Å²) in [7, 11) is 1.48. The number of nitrogens with two attached hydrogens (primary N) is 1. The van der Waals surface area contributed by atoms with Crippen LogP contribution in [-0.4, -0.2) is 69.2 Å². The summed E-state index contributed by atoms with van der Waals surface area (Å²) in [5, 5.41) is 2.56. The molecule has 0 saturated carbocycles. The molecule has 1 saturated heterocycles. The highest BCUT2D eigenvalue weighted by molar-refractivity contribution is 5.87. The summed E-state index contributed by atoms with van der Waals surface area (Å²) in [6.45, 7) is 2.97. The van der Waals surface area contributed by atoms with Crippen molar-refractivity contribution in [1.82, 2.24) is 10.2 Å². The maximum absolute atomic E-state index is 12.1. The van der Waals surface area contributed by atoms with Gasteiger partial charge in [0.25, 0.3) is 0 Å². The number of amides is 2. The lowest BCUT2D eigenvalue weighted by Crippen LogP contribution is -2.52. The van der Waals surface area contributed by atoms with E-state index in [1.54, 1.807) is 4.90 Å². The molecule has 0 aliphatic carbocycles. The summed E-state index contributed by atoms with van der Waals surface area (Å²) in [5.41, 5.74) is 6.77. The molecule has 1 aromatic rings. The Kier molecular flexibility index (Phi) is 6.37. The van der Waals surface area contributed by atoms with Gasteiger partial charge in [-0.15, -0.1) is 0 Å². The topological polar surface area (TPSA) is 87.9 Å². The zero-order valence-electron chi connectivity index (χ0n) is 13.4. The van der Waals surface area contributed by atoms with Crippen LogP contribution in [0, 0.1) is 0 Å². The van der Waals surface area contributed by atoms with Crippen molar-refractivity contribution in [2.45, 2.75) is 6.04 Å². The fourth-order valence-electron chi connectivity index (χ4n) is 2.51. The Morgan fingerprint density at radius 1 is 1.22 bits per heavy atom. The molecule has 1 aromatic carbocycles. The summed E-state index contributed by atoms with van der Waals surface area (Å²) in [4.78, 5) is 27.8. The number of para-hydroxylation sites is 1. The van der Waals surface area contributed by atoms with Gasteiger partial charge in [-0.3, -0.25) is 9.59 Å². The molecule has 1 aliphatic rings. The van der Waals surface area contributed by atoms with Crippen LogP contribution in [0.3, 0.4) is 0 Å². The molecule has 3 N–H and O–H groups in total. The molecule has 2 rings (SSSR count). The molecule has 1 heterocycles. The Bertz CT molecular complexity index is 515. The fourth-order valence-corrected chi connectivity index (χ4v) is 2.51. The minimum atomic E-state index is -0.747. The first-order valence-electron chi connectivity index (χ1n) is 7.72. The van der Waals surface area contributed by atoms with Crippen molar-refractivity contribution in [3.63, 3.8) is 0 Å². The lowest BCUT2D eigenvalue weighted by Gasteiger charge is -2.36. The van der Waals surface area contributed by atoms with Crippen LogP contribution in [0.2, 0.25) is 0 Å². The summed E-state index contributed by atoms with van der Waals surface area (Å²) >= 11 is 0. The third kappa shape index (κ3) is 4.94. The molecule has 1 unspecified atom stereocenters. The van der Waals surface area contributed by atoms with E-state index in [0.29, 0.717) is 13.1 Å². The molecular weight excluding hydrogens is 296 g/mol. The van der Waals surface area contributed by atoms with E-state index in [2.05, 4.69) is 22.3 Å². The van der Waals surface area contributed by atoms with Crippen LogP contribution >= 0.6 is 0 Å². The van der Waals surface area contributed by atoms with Crippen LogP contribution in [0.25, 0.3) is 0 Å². The van der Waals surface area contributed by atoms with Crippen molar-refractivity contribution in [2.24, 2.45) is 5.73 Å². The summed E-state index contributed by atoms with van der Waals surface area (Å²) in [6, 6.07) is 9.38. The zero-order valence-corrected chi connectivity index (χ0v) is 13.4. The molecule has 126 valence electrons. The highest BCUT2D eigenvalue weighted by Crippen LogP contribution is 2.15. The van der Waals surface area contributed by atoms with Gasteiger partial charge in [-0.25, -0.2) is 0 Å². The van der Waals surface area contributed by atoms with Crippen LogP contribution < -0.4 is 16.0 Å². The number of hydrogen-bond donors (Lipinski definition) is 2. The van der Waals surface area contributed by atoms with E-state index in [1.165, 1.54) is 12.8 Å². The van der Waals surface area contributed by atoms with E-state index in [4.69, 9.17) is 10.5 Å². The third-order valence-corrected chi connectivity index (χ3v) is 3.85. The molecule has 0 radical (unpaired) electrons. The number of carbonyl (C=O) groups excluding carboxylic acids is 2. The highest BCUT2D eigenvalue weighted by Gasteiger charge is 2.22. The van der Waals surface area contributed by atoms with Gasteiger partial charge in [0.05, 0.1) is 13.2 Å². The van der Waals surface area contributed by atoms with Crippen molar-refractivity contribution in [2.75, 3.05) is 51.3 Å². The lowest BCUT2D eigenvalue weighted by molar-refractivity contribution is -0.133. The molecule has 1 fully saturated rings. The van der Waals surface area contributed by atoms with E-state index < -0.39 is 6.04 Å². The molecular formula is C16H24N4O3. The standard InChI is InChI=1S/C16H24N4O3/c1-23-12-14(17)16(22)18-11-15(21)20-9-7-19(8-10-20)13-5-3-2-4-6-13/h2-6,14H,7-12,17H2,1H3,(H,18,22). The van der Waals surface area contributed by atoms with Crippen molar-refractivity contribution >= 4 is 17.5 Å². The maximum Gasteiger partial charge on any atom is 0.242 e. The highest BCUT2D eigenvalue weighted by atomic mass is 16.5. The lowest BCUT2D eigenvalue weighted by atomic mass is 10.2. The first-order valence-corrected chi connectivity index (χ1v) is 7.72. The van der Waals surface area contributed by atoms with Gasteiger partial charge in [-0.2, -0.15) is 0 Å². The van der Waals surface area contributed by atoms with Gasteiger partial charge in [0.15, 0.2) is 0 Å². The molecule has 0 aromatic heterocycles. The Balaban J connectivity index is 1.74. The molecule has 1 atom stereocenters. The third-order valence-electron chi connectivity index (χ3n) is 3.85. The summed E-state index contributed by atoms with van der Waals surface area (Å²) in [6.07, 6.45) is 0. The van der Waals surface area contributed by atoms with Crippen molar-refractivity contribution in [3.05, 3.63) is 30.3 Å². The van der Waals surface area contributed by atoms with E-state index in [0.717, 1.165) is 13.1 Å². The number of piperazine rings is 1. The number of ether oxygens (including phenoxy) is 1. The van der Waals surface area contributed by atoms with Crippen LogP contribution in [0.5, 0.6) is 0 Å². The largest absolute Gasteiger partial charge is 0.383 e. The number of rotatable bonds is 6. The number of hydrogen-bond acceptors (Lipinski definition) is 5. The van der Waals surface area contributed by atoms with Crippen LogP contribution in [0.4, 0.5) is 5.69 Å². The predicted molar refractivity (Wildman–Crippen MR) is 88.1 cm³/mol. The van der Waals surface area contributed by atoms with Gasteiger partial charge in [-0.05, 0) is 12.1 Å². The monoisotopic (exact) mass is 320 g/mol. The van der Waals surface area contributed by atoms with Gasteiger partial charge >= 0.3 is 0 Å². The molecule has 7 nitrogen and oxygen atoms in total. The average Bonchev–Trinajstić information content (AvgIpc) is 2.60. The summed E-state index contributed by atoms with van der Waals surface area (Å²) in [5.74, 6) is -0.459. The quantitative estimate of drug-likeness (QED) is 0.732. The van der Waals surface area contributed by atoms with Crippen LogP contribution in [-0.2, 0) is 14.3 Å². The second-order valence-electron chi connectivity index (χ2n) is 5.48. The van der Waals surface area contributed by atoms with Crippen LogP contribution in [0.15, 0.2) is 30.3 Å². The van der Waals surface area contributed by atoms with Crippen molar-refractivity contribution < 1.29 is 14.3 Å². The van der Waals surface area contributed by atoms with E-state index in [9.17, 15) is 9.59 Å². The van der Waals surface area contributed by atoms with Gasteiger partial charge in [0, 0.05) is 39.0 Å². The molecule has 7 heteroatoms. The minimum absolute atomic E-state index is 0.0262. The zero-order chi connectivity index (χ0) is 16.7. The van der Waals surface area contributed by atoms with E-state index >= 15 is 0 Å². The van der Waals surface area contributed by atoms with Crippen molar-refractivity contribution in [1.29, 1.82) is 0 Å². The smallest absolute Gasteiger partial charge is 0.242 e. The van der Waals surface area contributed by atoms with Gasteiger partial charge < -0.3 is 25.6 Å². The molecule has 1 aliphatic heterocycles. The number of methoxy groups -OCH3 is 1. The molecule has 2 amide bonds. The van der Waals surface area contributed by atoms with Gasteiger partial charge in [0.1, 0.15) is 6.04 Å². The normalized spacial score (nSPS) is 16.1. The van der Waals surface area contributed by atoms with E-state index in [1.807, 2.05) is 18.2 Å². The Morgan fingerprint density at radius 2 is 1.87 bits per heavy atom. The average molecular weight is 320 g/mol. The Labute approximate surface area is 136 Å². The second kappa shape index (κ2) is 8.50.